The Morgan fingerprint density at radius 1 is 0.828 bits per heavy atom. The Kier molecular flexibility index (Phi) is 11.6. The lowest BCUT2D eigenvalue weighted by Gasteiger charge is -1.95. The number of aliphatic hydroxyl groups is 1. The van der Waals surface area contributed by atoms with Crippen LogP contribution in [0, 0.1) is 13.8 Å². The van der Waals surface area contributed by atoms with Gasteiger partial charge in [0.25, 0.3) is 30.4 Å². The van der Waals surface area contributed by atoms with Gasteiger partial charge in [-0.25, -0.2) is 0 Å². The molecule has 0 fully saturated rings. The zero-order valence-corrected chi connectivity index (χ0v) is 20.3. The molecule has 0 aliphatic rings. The quantitative estimate of drug-likeness (QED) is 0.546. The van der Waals surface area contributed by atoms with Crippen LogP contribution in [0.2, 0.25) is 0 Å². The van der Waals surface area contributed by atoms with E-state index in [4.69, 9.17) is 5.11 Å². The van der Waals surface area contributed by atoms with Gasteiger partial charge in [0.15, 0.2) is 0 Å². The smallest absolute Gasteiger partial charge is 0.278 e. The van der Waals surface area contributed by atoms with Crippen molar-refractivity contribution in [3.05, 3.63) is 33.3 Å². The second kappa shape index (κ2) is 12.0. The van der Waals surface area contributed by atoms with Crippen LogP contribution in [0.5, 0.6) is 0 Å². The third-order valence-electron chi connectivity index (χ3n) is 2.17. The first-order valence-electron chi connectivity index (χ1n) is 7.41. The van der Waals surface area contributed by atoms with E-state index in [1.54, 1.807) is 6.07 Å². The lowest BCUT2D eigenvalue weighted by atomic mass is 10.4. The van der Waals surface area contributed by atoms with Crippen molar-refractivity contribution in [1.29, 1.82) is 0 Å². The van der Waals surface area contributed by atoms with Crippen LogP contribution in [0.4, 0.5) is 0 Å². The summed E-state index contributed by atoms with van der Waals surface area (Å²) >= 11 is 2.60. The topological polar surface area (TPSA) is 167 Å². The lowest BCUT2D eigenvalue weighted by molar-refractivity contribution is 0.285. The van der Waals surface area contributed by atoms with Crippen LogP contribution in [-0.4, -0.2) is 57.9 Å². The molecule has 0 radical (unpaired) electrons. The van der Waals surface area contributed by atoms with E-state index in [-0.39, 0.29) is 13.2 Å². The minimum absolute atomic E-state index is 0.0876. The summed E-state index contributed by atoms with van der Waals surface area (Å²) in [6.45, 7) is 3.96. The van der Waals surface area contributed by atoms with E-state index in [9.17, 15) is 25.3 Å². The summed E-state index contributed by atoms with van der Waals surface area (Å²) in [6, 6.07) is 3.68. The Morgan fingerprint density at radius 2 is 1.24 bits per heavy atom. The maximum absolute atomic E-state index is 10.6. The van der Waals surface area contributed by atoms with Crippen LogP contribution in [0.15, 0.2) is 12.1 Å². The fraction of sp³-hybridized carbons (Fsp3) is 0.538. The SMILES string of the molecule is CS(=O)(=O)OS(C)(=O)=O.Cc1cc(CO)sn1.Cc1cc(COS(C)(=O)=O)sn1. The Morgan fingerprint density at radius 3 is 1.45 bits per heavy atom. The molecule has 0 aliphatic heterocycles. The van der Waals surface area contributed by atoms with Crippen LogP contribution in [-0.2, 0) is 51.4 Å². The number of aromatic nitrogens is 2. The second-order valence-corrected chi connectivity index (χ2v) is 12.3. The van der Waals surface area contributed by atoms with E-state index < -0.39 is 30.4 Å². The lowest BCUT2D eigenvalue weighted by Crippen LogP contribution is -2.09. The second-order valence-electron chi connectivity index (χ2n) is 5.47. The van der Waals surface area contributed by atoms with Gasteiger partial charge in [0, 0.05) is 0 Å². The number of hydrogen-bond acceptors (Lipinski definition) is 13. The maximum atomic E-state index is 10.6. The van der Waals surface area contributed by atoms with Gasteiger partial charge in [-0.3, -0.25) is 4.18 Å². The molecule has 0 aromatic carbocycles. The van der Waals surface area contributed by atoms with Crippen molar-refractivity contribution < 1.29 is 38.2 Å². The normalized spacial score (nSPS) is 11.8. The number of hydrogen-bond donors (Lipinski definition) is 1. The molecule has 2 heterocycles. The summed E-state index contributed by atoms with van der Waals surface area (Å²) in [7, 11) is -11.1. The standard InChI is InChI=1S/C6H9NO3S2.C5H7NOS.C2H6O5S2/c1-5-3-6(11-7-5)4-10-12(2,8)9;1-4-2-5(3-7)8-6-4;1-8(3,4)7-9(2,5)6/h3H,4H2,1-2H3;2,7H,3H2,1H3;1-2H3. The first-order chi connectivity index (χ1) is 13.0. The molecule has 0 aliphatic carbocycles. The van der Waals surface area contributed by atoms with Crippen LogP contribution < -0.4 is 0 Å². The van der Waals surface area contributed by atoms with Crippen LogP contribution in [0.3, 0.4) is 0 Å². The molecule has 11 nitrogen and oxygen atoms in total. The molecule has 0 amide bonds. The summed E-state index contributed by atoms with van der Waals surface area (Å²) in [4.78, 5) is 1.75. The van der Waals surface area contributed by atoms with Crippen LogP contribution in [0.1, 0.15) is 21.1 Å². The maximum Gasteiger partial charge on any atom is 0.278 e. The van der Waals surface area contributed by atoms with Gasteiger partial charge in [-0.2, -0.15) is 34.0 Å². The van der Waals surface area contributed by atoms with E-state index in [2.05, 4.69) is 16.6 Å². The Bertz CT molecular complexity index is 1040. The Balaban J connectivity index is 0.000000416. The average molecular weight is 511 g/mol. The van der Waals surface area contributed by atoms with E-state index in [0.29, 0.717) is 12.5 Å². The first kappa shape index (κ1) is 28.0. The number of nitrogens with zero attached hydrogens (tertiary/aromatic N) is 2. The summed E-state index contributed by atoms with van der Waals surface area (Å²) in [5.74, 6) is 0. The van der Waals surface area contributed by atoms with Gasteiger partial charge in [0.1, 0.15) is 6.61 Å². The van der Waals surface area contributed by atoms with Gasteiger partial charge < -0.3 is 5.11 Å². The molecule has 1 N–H and O–H groups in total. The highest BCUT2D eigenvalue weighted by atomic mass is 32.3. The largest absolute Gasteiger partial charge is 0.391 e. The molecule has 29 heavy (non-hydrogen) atoms. The molecule has 0 saturated heterocycles. The first-order valence-corrected chi connectivity index (χ1v) is 14.4. The van der Waals surface area contributed by atoms with Gasteiger partial charge in [-0.1, -0.05) is 0 Å². The van der Waals surface area contributed by atoms with Gasteiger partial charge in [0.05, 0.1) is 46.5 Å². The van der Waals surface area contributed by atoms with E-state index >= 15 is 0 Å². The molecule has 168 valence electrons. The number of aliphatic hydroxyl groups excluding tert-OH is 1. The van der Waals surface area contributed by atoms with E-state index in [0.717, 1.165) is 27.4 Å². The molecule has 0 spiro atoms. The molecule has 2 rings (SSSR count). The third kappa shape index (κ3) is 17.6. The van der Waals surface area contributed by atoms with Crippen molar-refractivity contribution in [2.75, 3.05) is 18.8 Å². The predicted octanol–water partition coefficient (Wildman–Crippen LogP) is 0.794. The van der Waals surface area contributed by atoms with Gasteiger partial charge in [-0.15, -0.1) is 3.63 Å². The van der Waals surface area contributed by atoms with Crippen molar-refractivity contribution in [3.8, 4) is 0 Å². The molecule has 2 aromatic rings. The van der Waals surface area contributed by atoms with Crippen LogP contribution in [0.25, 0.3) is 0 Å². The van der Waals surface area contributed by atoms with Crippen molar-refractivity contribution in [2.45, 2.75) is 27.1 Å². The number of rotatable bonds is 6. The minimum atomic E-state index is -3.87. The van der Waals surface area contributed by atoms with E-state index in [1.165, 1.54) is 23.1 Å². The summed E-state index contributed by atoms with van der Waals surface area (Å²) in [5.41, 5.74) is 1.87. The molecule has 0 saturated carbocycles. The summed E-state index contributed by atoms with van der Waals surface area (Å²) in [5, 5.41) is 8.52. The average Bonchev–Trinajstić information content (AvgIpc) is 3.10. The highest BCUT2D eigenvalue weighted by molar-refractivity contribution is 7.99. The van der Waals surface area contributed by atoms with Gasteiger partial charge in [0.2, 0.25) is 0 Å². The molecular formula is C13H22N2O9S5. The molecule has 16 heteroatoms. The highest BCUT2D eigenvalue weighted by Crippen LogP contribution is 2.11. The number of aryl methyl sites for hydroxylation is 2. The van der Waals surface area contributed by atoms with Crippen molar-refractivity contribution in [3.63, 3.8) is 0 Å². The fourth-order valence-electron chi connectivity index (χ4n) is 1.36. The van der Waals surface area contributed by atoms with E-state index in [1.807, 2.05) is 19.9 Å². The Hall–Kier alpha value is -1.01. The Labute approximate surface area is 179 Å². The van der Waals surface area contributed by atoms with Crippen molar-refractivity contribution in [1.82, 2.24) is 8.75 Å². The summed E-state index contributed by atoms with van der Waals surface area (Å²) < 4.78 is 77.4. The third-order valence-corrected chi connectivity index (χ3v) is 6.41. The van der Waals surface area contributed by atoms with Crippen LogP contribution >= 0.6 is 23.1 Å². The minimum Gasteiger partial charge on any atom is -0.391 e. The molecule has 2 aromatic heterocycles. The molecular weight excluding hydrogens is 488 g/mol. The zero-order valence-electron chi connectivity index (χ0n) is 16.2. The molecule has 0 bridgehead atoms. The molecule has 0 atom stereocenters. The fourth-order valence-corrected chi connectivity index (χ4v) is 4.82. The van der Waals surface area contributed by atoms with Gasteiger partial charge in [-0.05, 0) is 49.0 Å². The van der Waals surface area contributed by atoms with Crippen molar-refractivity contribution in [2.24, 2.45) is 0 Å². The predicted molar refractivity (Wildman–Crippen MR) is 110 cm³/mol. The summed E-state index contributed by atoms with van der Waals surface area (Å²) in [6.07, 6.45) is 2.35. The monoisotopic (exact) mass is 510 g/mol. The van der Waals surface area contributed by atoms with Gasteiger partial charge >= 0.3 is 0 Å². The molecule has 0 unspecified atom stereocenters. The zero-order chi connectivity index (χ0) is 22.9. The van der Waals surface area contributed by atoms with Crippen molar-refractivity contribution >= 4 is 53.4 Å². The highest BCUT2D eigenvalue weighted by Gasteiger charge is 2.10.